The summed E-state index contributed by atoms with van der Waals surface area (Å²) in [5, 5.41) is 0.233. The number of benzene rings is 2. The van der Waals surface area contributed by atoms with Crippen molar-refractivity contribution in [1.29, 1.82) is 0 Å². The molecule has 0 aromatic heterocycles. The fourth-order valence-electron chi connectivity index (χ4n) is 2.00. The van der Waals surface area contributed by atoms with Crippen molar-refractivity contribution in [3.8, 4) is 0 Å². The van der Waals surface area contributed by atoms with Crippen LogP contribution in [-0.4, -0.2) is 27.5 Å². The number of esters is 1. The molecule has 23 heavy (non-hydrogen) atoms. The standard InChI is InChI=1S/C16H16ClNO4S/c1-2-22-16(19)12-18(15-11-7-6-10-14(15)17)23(20,21)13-8-4-3-5-9-13/h3-11H,2,12H2,1H3. The van der Waals surface area contributed by atoms with Crippen LogP contribution in [0.5, 0.6) is 0 Å². The van der Waals surface area contributed by atoms with E-state index in [0.29, 0.717) is 0 Å². The third-order valence-electron chi connectivity index (χ3n) is 3.03. The maximum absolute atomic E-state index is 12.9. The summed E-state index contributed by atoms with van der Waals surface area (Å²) >= 11 is 6.11. The zero-order valence-electron chi connectivity index (χ0n) is 12.5. The van der Waals surface area contributed by atoms with Crippen molar-refractivity contribution in [2.45, 2.75) is 11.8 Å². The molecule has 0 heterocycles. The van der Waals surface area contributed by atoms with Crippen molar-refractivity contribution >= 4 is 33.3 Å². The van der Waals surface area contributed by atoms with Gasteiger partial charge in [0.05, 0.1) is 22.2 Å². The maximum Gasteiger partial charge on any atom is 0.326 e. The molecule has 0 N–H and O–H groups in total. The lowest BCUT2D eigenvalue weighted by molar-refractivity contribution is -0.141. The smallest absolute Gasteiger partial charge is 0.326 e. The first-order chi connectivity index (χ1) is 11.0. The third kappa shape index (κ3) is 4.03. The van der Waals surface area contributed by atoms with Gasteiger partial charge in [-0.05, 0) is 31.2 Å². The molecule has 0 fully saturated rings. The van der Waals surface area contributed by atoms with Crippen LogP contribution >= 0.6 is 11.6 Å². The second-order valence-corrected chi connectivity index (χ2v) is 6.85. The molecule has 0 aliphatic carbocycles. The van der Waals surface area contributed by atoms with Gasteiger partial charge in [0.25, 0.3) is 10.0 Å². The predicted molar refractivity (Wildman–Crippen MR) is 89.1 cm³/mol. The molecule has 0 aliphatic rings. The van der Waals surface area contributed by atoms with Gasteiger partial charge in [0.2, 0.25) is 0 Å². The average molecular weight is 354 g/mol. The van der Waals surface area contributed by atoms with Crippen LogP contribution in [-0.2, 0) is 19.6 Å². The van der Waals surface area contributed by atoms with Crippen molar-refractivity contribution in [2.75, 3.05) is 17.5 Å². The molecule has 0 atom stereocenters. The van der Waals surface area contributed by atoms with Gasteiger partial charge in [-0.15, -0.1) is 0 Å². The monoisotopic (exact) mass is 353 g/mol. The fraction of sp³-hybridized carbons (Fsp3) is 0.188. The minimum Gasteiger partial charge on any atom is -0.465 e. The Bertz CT molecular complexity index is 778. The number of ether oxygens (including phenoxy) is 1. The number of halogens is 1. The molecule has 0 saturated carbocycles. The van der Waals surface area contributed by atoms with Crippen LogP contribution in [0.2, 0.25) is 5.02 Å². The largest absolute Gasteiger partial charge is 0.465 e. The molecule has 0 amide bonds. The number of hydrogen-bond donors (Lipinski definition) is 0. The number of hydrogen-bond acceptors (Lipinski definition) is 4. The van der Waals surface area contributed by atoms with Gasteiger partial charge in [-0.2, -0.15) is 0 Å². The first kappa shape index (κ1) is 17.3. The van der Waals surface area contributed by atoms with E-state index in [9.17, 15) is 13.2 Å². The minimum atomic E-state index is -3.94. The Balaban J connectivity index is 2.50. The highest BCUT2D eigenvalue weighted by Gasteiger charge is 2.28. The van der Waals surface area contributed by atoms with Gasteiger partial charge >= 0.3 is 5.97 Å². The van der Waals surface area contributed by atoms with Gasteiger partial charge in [-0.1, -0.05) is 41.9 Å². The Labute approximate surface area is 140 Å². The molecule has 2 aromatic carbocycles. The zero-order valence-corrected chi connectivity index (χ0v) is 14.0. The molecular formula is C16H16ClNO4S. The molecule has 122 valence electrons. The second kappa shape index (κ2) is 7.48. The van der Waals surface area contributed by atoms with Gasteiger partial charge in [-0.25, -0.2) is 8.42 Å². The molecule has 2 aromatic rings. The number of carbonyl (C=O) groups is 1. The van der Waals surface area contributed by atoms with Crippen molar-refractivity contribution < 1.29 is 17.9 Å². The Kier molecular flexibility index (Phi) is 5.63. The highest BCUT2D eigenvalue weighted by Crippen LogP contribution is 2.30. The van der Waals surface area contributed by atoms with Gasteiger partial charge in [-0.3, -0.25) is 9.10 Å². The summed E-state index contributed by atoms with van der Waals surface area (Å²) in [7, 11) is -3.94. The summed E-state index contributed by atoms with van der Waals surface area (Å²) in [6, 6.07) is 14.3. The van der Waals surface area contributed by atoms with E-state index in [-0.39, 0.29) is 22.2 Å². The maximum atomic E-state index is 12.9. The first-order valence-electron chi connectivity index (χ1n) is 6.94. The highest BCUT2D eigenvalue weighted by molar-refractivity contribution is 7.92. The lowest BCUT2D eigenvalue weighted by Gasteiger charge is -2.24. The average Bonchev–Trinajstić information content (AvgIpc) is 2.54. The van der Waals surface area contributed by atoms with Crippen LogP contribution < -0.4 is 4.31 Å². The summed E-state index contributed by atoms with van der Waals surface area (Å²) in [6.07, 6.45) is 0. The second-order valence-electron chi connectivity index (χ2n) is 4.58. The van der Waals surface area contributed by atoms with E-state index in [0.717, 1.165) is 4.31 Å². The summed E-state index contributed by atoms with van der Waals surface area (Å²) < 4.78 is 31.6. The van der Waals surface area contributed by atoms with Gasteiger partial charge < -0.3 is 4.74 Å². The van der Waals surface area contributed by atoms with E-state index in [2.05, 4.69) is 0 Å². The van der Waals surface area contributed by atoms with Crippen LogP contribution in [0.4, 0.5) is 5.69 Å². The molecule has 0 bridgehead atoms. The third-order valence-corrected chi connectivity index (χ3v) is 5.12. The number of rotatable bonds is 6. The lowest BCUT2D eigenvalue weighted by atomic mass is 10.3. The Hall–Kier alpha value is -2.05. The molecule has 0 aliphatic heterocycles. The molecule has 2 rings (SSSR count). The Morgan fingerprint density at radius 3 is 2.30 bits per heavy atom. The van der Waals surface area contributed by atoms with Crippen molar-refractivity contribution in [3.63, 3.8) is 0 Å². The summed E-state index contributed by atoms with van der Waals surface area (Å²) in [6.45, 7) is 1.37. The SMILES string of the molecule is CCOC(=O)CN(c1ccccc1Cl)S(=O)(=O)c1ccccc1. The molecule has 0 radical (unpaired) electrons. The number of carbonyl (C=O) groups excluding carboxylic acids is 1. The quantitative estimate of drug-likeness (QED) is 0.748. The molecule has 0 spiro atoms. The van der Waals surface area contributed by atoms with E-state index in [1.807, 2.05) is 0 Å². The molecular weight excluding hydrogens is 338 g/mol. The summed E-state index contributed by atoms with van der Waals surface area (Å²) in [5.74, 6) is -0.646. The van der Waals surface area contributed by atoms with E-state index in [1.165, 1.54) is 12.1 Å². The fourth-order valence-corrected chi connectivity index (χ4v) is 3.73. The topological polar surface area (TPSA) is 63.7 Å². The number of nitrogens with zero attached hydrogens (tertiary/aromatic N) is 1. The van der Waals surface area contributed by atoms with Crippen molar-refractivity contribution in [2.24, 2.45) is 0 Å². The van der Waals surface area contributed by atoms with Gasteiger partial charge in [0.1, 0.15) is 6.54 Å². The normalized spacial score (nSPS) is 11.0. The van der Waals surface area contributed by atoms with Crippen LogP contribution in [0.25, 0.3) is 0 Å². The van der Waals surface area contributed by atoms with Crippen molar-refractivity contribution in [1.82, 2.24) is 0 Å². The van der Waals surface area contributed by atoms with Crippen LogP contribution in [0.1, 0.15) is 6.92 Å². The number of anilines is 1. The Morgan fingerprint density at radius 2 is 1.70 bits per heavy atom. The van der Waals surface area contributed by atoms with Gasteiger partial charge in [0, 0.05) is 0 Å². The Morgan fingerprint density at radius 1 is 1.09 bits per heavy atom. The lowest BCUT2D eigenvalue weighted by Crippen LogP contribution is -2.36. The van der Waals surface area contributed by atoms with E-state index in [1.54, 1.807) is 49.4 Å². The first-order valence-corrected chi connectivity index (χ1v) is 8.76. The van der Waals surface area contributed by atoms with Crippen LogP contribution in [0.3, 0.4) is 0 Å². The van der Waals surface area contributed by atoms with E-state index in [4.69, 9.17) is 16.3 Å². The summed E-state index contributed by atoms with van der Waals surface area (Å²) in [5.41, 5.74) is 0.228. The van der Waals surface area contributed by atoms with Crippen molar-refractivity contribution in [3.05, 3.63) is 59.6 Å². The number of para-hydroxylation sites is 1. The highest BCUT2D eigenvalue weighted by atomic mass is 35.5. The molecule has 0 saturated heterocycles. The molecule has 7 heteroatoms. The predicted octanol–water partition coefficient (Wildman–Crippen LogP) is 3.10. The van der Waals surface area contributed by atoms with Crippen LogP contribution in [0.15, 0.2) is 59.5 Å². The minimum absolute atomic E-state index is 0.0734. The number of sulfonamides is 1. The van der Waals surface area contributed by atoms with E-state index >= 15 is 0 Å². The van der Waals surface area contributed by atoms with E-state index < -0.39 is 22.5 Å². The molecule has 0 unspecified atom stereocenters. The van der Waals surface area contributed by atoms with Gasteiger partial charge in [0.15, 0.2) is 0 Å². The van der Waals surface area contributed by atoms with Crippen LogP contribution in [0, 0.1) is 0 Å². The zero-order chi connectivity index (χ0) is 16.9. The molecule has 5 nitrogen and oxygen atoms in total. The summed E-state index contributed by atoms with van der Waals surface area (Å²) in [4.78, 5) is 11.9.